The molecule has 0 aliphatic heterocycles. The minimum atomic E-state index is -1.28. The summed E-state index contributed by atoms with van der Waals surface area (Å²) in [5, 5.41) is 19.4. The summed E-state index contributed by atoms with van der Waals surface area (Å²) in [6, 6.07) is 2.43. The number of rotatable bonds is 3. The second kappa shape index (κ2) is 4.26. The van der Waals surface area contributed by atoms with Crippen LogP contribution in [-0.2, 0) is 0 Å². The average molecular weight is 276 g/mol. The van der Waals surface area contributed by atoms with E-state index in [9.17, 15) is 14.9 Å². The molecule has 1 N–H and O–H groups in total. The number of hydrogen-bond acceptors (Lipinski definition) is 4. The summed E-state index contributed by atoms with van der Waals surface area (Å²) in [5.41, 5.74) is -0.636. The van der Waals surface area contributed by atoms with Gasteiger partial charge in [-0.15, -0.1) is 0 Å². The lowest BCUT2D eigenvalue weighted by Gasteiger charge is -2.05. The molecule has 1 rings (SSSR count). The lowest BCUT2D eigenvalue weighted by molar-refractivity contribution is -0.385. The number of carbonyl (C=O) groups is 1. The molecule has 0 fully saturated rings. The van der Waals surface area contributed by atoms with Crippen molar-refractivity contribution in [2.45, 2.75) is 0 Å². The fourth-order valence-corrected chi connectivity index (χ4v) is 1.53. The third-order valence-corrected chi connectivity index (χ3v) is 2.12. The minimum absolute atomic E-state index is 0.251. The predicted octanol–water partition coefficient (Wildman–Crippen LogP) is 2.06. The highest BCUT2D eigenvalue weighted by molar-refractivity contribution is 9.10. The standard InChI is InChI=1S/C8H6BrNO5/c1-15-7-5(8(11)12)2-4(9)3-6(7)10(13)14/h2-3H,1H3,(H,11,12). The van der Waals surface area contributed by atoms with Gasteiger partial charge in [-0.1, -0.05) is 15.9 Å². The third kappa shape index (κ3) is 2.24. The van der Waals surface area contributed by atoms with E-state index in [0.29, 0.717) is 4.47 Å². The van der Waals surface area contributed by atoms with Crippen LogP contribution in [0.3, 0.4) is 0 Å². The van der Waals surface area contributed by atoms with Crippen molar-refractivity contribution in [2.75, 3.05) is 7.11 Å². The van der Waals surface area contributed by atoms with E-state index in [1.165, 1.54) is 19.2 Å². The second-order valence-electron chi connectivity index (χ2n) is 2.57. The Balaban J connectivity index is 3.52. The number of nitrogens with zero attached hydrogens (tertiary/aromatic N) is 1. The minimum Gasteiger partial charge on any atom is -0.490 e. The summed E-state index contributed by atoms with van der Waals surface area (Å²) >= 11 is 2.99. The molecule has 0 radical (unpaired) electrons. The Kier molecular flexibility index (Phi) is 3.25. The van der Waals surface area contributed by atoms with E-state index in [2.05, 4.69) is 15.9 Å². The highest BCUT2D eigenvalue weighted by atomic mass is 79.9. The number of ether oxygens (including phenoxy) is 1. The van der Waals surface area contributed by atoms with Crippen LogP contribution in [-0.4, -0.2) is 23.1 Å². The normalized spacial score (nSPS) is 9.73. The summed E-state index contributed by atoms with van der Waals surface area (Å²) in [5.74, 6) is -1.54. The van der Waals surface area contributed by atoms with E-state index in [0.717, 1.165) is 0 Å². The monoisotopic (exact) mass is 275 g/mol. The number of carboxylic acid groups (broad SMARTS) is 1. The number of methoxy groups -OCH3 is 1. The first kappa shape index (κ1) is 11.4. The van der Waals surface area contributed by atoms with Crippen LogP contribution in [0.15, 0.2) is 16.6 Å². The number of nitro benzene ring substituents is 1. The molecular formula is C8H6BrNO5. The molecule has 0 heterocycles. The highest BCUT2D eigenvalue weighted by Gasteiger charge is 2.23. The van der Waals surface area contributed by atoms with Crippen LogP contribution >= 0.6 is 15.9 Å². The van der Waals surface area contributed by atoms with Crippen molar-refractivity contribution in [1.29, 1.82) is 0 Å². The van der Waals surface area contributed by atoms with Gasteiger partial charge in [0.25, 0.3) is 0 Å². The first-order chi connectivity index (χ1) is 6.97. The lowest BCUT2D eigenvalue weighted by Crippen LogP contribution is -2.03. The molecule has 0 aliphatic rings. The van der Waals surface area contributed by atoms with Gasteiger partial charge in [0, 0.05) is 10.5 Å². The largest absolute Gasteiger partial charge is 0.490 e. The van der Waals surface area contributed by atoms with E-state index in [-0.39, 0.29) is 17.0 Å². The van der Waals surface area contributed by atoms with Crippen molar-refractivity contribution in [1.82, 2.24) is 0 Å². The zero-order chi connectivity index (χ0) is 11.6. The zero-order valence-electron chi connectivity index (χ0n) is 7.56. The molecule has 0 bridgehead atoms. The highest BCUT2D eigenvalue weighted by Crippen LogP contribution is 2.34. The third-order valence-electron chi connectivity index (χ3n) is 1.67. The number of benzene rings is 1. The van der Waals surface area contributed by atoms with Crippen LogP contribution in [0.1, 0.15) is 10.4 Å². The Morgan fingerprint density at radius 3 is 2.60 bits per heavy atom. The average Bonchev–Trinajstić information content (AvgIpc) is 2.16. The topological polar surface area (TPSA) is 89.7 Å². The zero-order valence-corrected chi connectivity index (χ0v) is 9.15. The second-order valence-corrected chi connectivity index (χ2v) is 3.48. The van der Waals surface area contributed by atoms with Gasteiger partial charge in [0.05, 0.1) is 12.0 Å². The van der Waals surface area contributed by atoms with Gasteiger partial charge in [-0.25, -0.2) is 4.79 Å². The van der Waals surface area contributed by atoms with Crippen molar-refractivity contribution in [3.05, 3.63) is 32.3 Å². The maximum atomic E-state index is 10.8. The van der Waals surface area contributed by atoms with Gasteiger partial charge >= 0.3 is 11.7 Å². The lowest BCUT2D eigenvalue weighted by atomic mass is 10.2. The molecule has 0 amide bonds. The summed E-state index contributed by atoms with van der Waals surface area (Å²) in [6.07, 6.45) is 0. The fraction of sp³-hybridized carbons (Fsp3) is 0.125. The number of halogens is 1. The molecule has 80 valence electrons. The molecule has 0 spiro atoms. The van der Waals surface area contributed by atoms with Crippen LogP contribution in [0.25, 0.3) is 0 Å². The van der Waals surface area contributed by atoms with Crippen LogP contribution in [0.4, 0.5) is 5.69 Å². The van der Waals surface area contributed by atoms with Gasteiger partial charge in [0.2, 0.25) is 5.75 Å². The summed E-state index contributed by atoms with van der Waals surface area (Å²) < 4.78 is 5.02. The Morgan fingerprint density at radius 1 is 1.60 bits per heavy atom. The number of nitro groups is 1. The number of hydrogen-bond donors (Lipinski definition) is 1. The van der Waals surface area contributed by atoms with Crippen LogP contribution in [0, 0.1) is 10.1 Å². The van der Waals surface area contributed by atoms with Crippen molar-refractivity contribution < 1.29 is 19.6 Å². The summed E-state index contributed by atoms with van der Waals surface area (Å²) in [7, 11) is 1.18. The van der Waals surface area contributed by atoms with E-state index in [1.807, 2.05) is 0 Å². The van der Waals surface area contributed by atoms with Crippen molar-refractivity contribution >= 4 is 27.6 Å². The van der Waals surface area contributed by atoms with Gasteiger partial charge in [-0.05, 0) is 6.07 Å². The Bertz CT molecular complexity index is 396. The molecule has 6 nitrogen and oxygen atoms in total. The molecule has 0 atom stereocenters. The van der Waals surface area contributed by atoms with Gasteiger partial charge in [-0.2, -0.15) is 0 Å². The van der Waals surface area contributed by atoms with Crippen LogP contribution < -0.4 is 4.74 Å². The van der Waals surface area contributed by atoms with Gasteiger partial charge in [0.15, 0.2) is 0 Å². The van der Waals surface area contributed by atoms with Crippen LogP contribution in [0.2, 0.25) is 0 Å². The van der Waals surface area contributed by atoms with Crippen molar-refractivity contribution in [2.24, 2.45) is 0 Å². The van der Waals surface area contributed by atoms with Gasteiger partial charge in [0.1, 0.15) is 5.56 Å². The molecule has 15 heavy (non-hydrogen) atoms. The molecule has 1 aromatic carbocycles. The van der Waals surface area contributed by atoms with Gasteiger partial charge in [-0.3, -0.25) is 10.1 Å². The van der Waals surface area contributed by atoms with Crippen molar-refractivity contribution in [3.8, 4) is 5.75 Å². The molecular weight excluding hydrogens is 270 g/mol. The fourth-order valence-electron chi connectivity index (χ4n) is 1.09. The molecule has 0 unspecified atom stereocenters. The molecule has 0 saturated carbocycles. The van der Waals surface area contributed by atoms with E-state index >= 15 is 0 Å². The molecule has 0 aromatic heterocycles. The first-order valence-electron chi connectivity index (χ1n) is 3.72. The van der Waals surface area contributed by atoms with Crippen molar-refractivity contribution in [3.63, 3.8) is 0 Å². The van der Waals surface area contributed by atoms with E-state index in [1.54, 1.807) is 0 Å². The molecule has 7 heteroatoms. The maximum Gasteiger partial charge on any atom is 0.339 e. The molecule has 0 aliphatic carbocycles. The first-order valence-corrected chi connectivity index (χ1v) is 4.52. The van der Waals surface area contributed by atoms with Crippen LogP contribution in [0.5, 0.6) is 5.75 Å². The van der Waals surface area contributed by atoms with E-state index < -0.39 is 10.9 Å². The summed E-state index contributed by atoms with van der Waals surface area (Å²) in [6.45, 7) is 0. The Labute approximate surface area is 92.8 Å². The predicted molar refractivity (Wildman–Crippen MR) is 54.3 cm³/mol. The Hall–Kier alpha value is -1.63. The summed E-state index contributed by atoms with van der Waals surface area (Å²) in [4.78, 5) is 20.7. The SMILES string of the molecule is COc1c(C(=O)O)cc(Br)cc1[N+](=O)[O-]. The number of carboxylic acids is 1. The van der Waals surface area contributed by atoms with E-state index in [4.69, 9.17) is 9.84 Å². The van der Waals surface area contributed by atoms with Gasteiger partial charge < -0.3 is 9.84 Å². The molecule has 1 aromatic rings. The molecule has 0 saturated heterocycles. The maximum absolute atomic E-state index is 10.8. The number of aromatic carboxylic acids is 1. The quantitative estimate of drug-likeness (QED) is 0.674. The Morgan fingerprint density at radius 2 is 2.20 bits per heavy atom. The smallest absolute Gasteiger partial charge is 0.339 e.